The average molecular weight is 392 g/mol. The molecule has 0 saturated carbocycles. The predicted octanol–water partition coefficient (Wildman–Crippen LogP) is 4.36. The van der Waals surface area contributed by atoms with Crippen molar-refractivity contribution in [3.63, 3.8) is 0 Å². The van der Waals surface area contributed by atoms with Gasteiger partial charge in [-0.05, 0) is 23.6 Å². The van der Waals surface area contributed by atoms with Crippen molar-refractivity contribution in [1.82, 2.24) is 4.90 Å². The predicted molar refractivity (Wildman–Crippen MR) is 97.5 cm³/mol. The van der Waals surface area contributed by atoms with E-state index in [1.54, 1.807) is 4.90 Å². The second-order valence-corrected chi connectivity index (χ2v) is 6.36. The van der Waals surface area contributed by atoms with E-state index in [4.69, 9.17) is 4.74 Å². The van der Waals surface area contributed by atoms with Gasteiger partial charge >= 0.3 is 6.09 Å². The van der Waals surface area contributed by atoms with Gasteiger partial charge < -0.3 is 9.84 Å². The van der Waals surface area contributed by atoms with Crippen LogP contribution < -0.4 is 0 Å². The van der Waals surface area contributed by atoms with Gasteiger partial charge in [0.05, 0.1) is 19.2 Å². The number of nitrogens with zero attached hydrogens (tertiary/aromatic N) is 1. The molecule has 0 saturated heterocycles. The Morgan fingerprint density at radius 3 is 2.46 bits per heavy atom. The number of rotatable bonds is 7. The summed E-state index contributed by atoms with van der Waals surface area (Å²) >= 11 is 3.50. The van der Waals surface area contributed by atoms with E-state index in [0.717, 1.165) is 15.6 Å². The normalized spacial score (nSPS) is 11.8. The van der Waals surface area contributed by atoms with Crippen LogP contribution in [-0.2, 0) is 17.9 Å². The van der Waals surface area contributed by atoms with Crippen molar-refractivity contribution in [2.24, 2.45) is 0 Å². The Kier molecular flexibility index (Phi) is 7.28. The van der Waals surface area contributed by atoms with Crippen molar-refractivity contribution in [2.75, 3.05) is 6.61 Å². The molecule has 1 amide bonds. The summed E-state index contributed by atoms with van der Waals surface area (Å²) in [5, 5.41) is 9.62. The van der Waals surface area contributed by atoms with E-state index in [9.17, 15) is 9.90 Å². The first-order valence-corrected chi connectivity index (χ1v) is 8.76. The highest BCUT2D eigenvalue weighted by molar-refractivity contribution is 9.10. The van der Waals surface area contributed by atoms with E-state index >= 15 is 0 Å². The fraction of sp³-hybridized carbons (Fsp3) is 0.316. The lowest BCUT2D eigenvalue weighted by atomic mass is 10.1. The van der Waals surface area contributed by atoms with E-state index in [1.807, 2.05) is 61.5 Å². The number of amides is 1. The molecule has 24 heavy (non-hydrogen) atoms. The third-order valence-corrected chi connectivity index (χ3v) is 4.63. The van der Waals surface area contributed by atoms with Gasteiger partial charge in [-0.1, -0.05) is 71.4 Å². The van der Waals surface area contributed by atoms with E-state index in [0.29, 0.717) is 13.0 Å². The van der Waals surface area contributed by atoms with Gasteiger partial charge in [0.1, 0.15) is 6.61 Å². The summed E-state index contributed by atoms with van der Waals surface area (Å²) in [5.74, 6) is 0. The lowest BCUT2D eigenvalue weighted by Gasteiger charge is -2.29. The van der Waals surface area contributed by atoms with Gasteiger partial charge in [0.2, 0.25) is 0 Å². The van der Waals surface area contributed by atoms with Gasteiger partial charge in [-0.15, -0.1) is 0 Å². The van der Waals surface area contributed by atoms with Crippen molar-refractivity contribution >= 4 is 22.0 Å². The molecule has 2 aromatic rings. The number of halogens is 1. The van der Waals surface area contributed by atoms with Gasteiger partial charge in [0, 0.05) is 4.47 Å². The van der Waals surface area contributed by atoms with Gasteiger partial charge in [-0.25, -0.2) is 4.79 Å². The molecule has 2 rings (SSSR count). The van der Waals surface area contributed by atoms with Crippen molar-refractivity contribution in [3.8, 4) is 0 Å². The van der Waals surface area contributed by atoms with Crippen molar-refractivity contribution in [2.45, 2.75) is 32.5 Å². The van der Waals surface area contributed by atoms with Crippen molar-refractivity contribution in [1.29, 1.82) is 0 Å². The maximum absolute atomic E-state index is 12.6. The number of ether oxygens (including phenoxy) is 1. The molecule has 0 bridgehead atoms. The molecule has 0 aliphatic carbocycles. The number of aliphatic hydroxyl groups excluding tert-OH is 1. The molecule has 1 unspecified atom stereocenters. The number of carbonyl (C=O) groups is 1. The van der Waals surface area contributed by atoms with Crippen LogP contribution >= 0.6 is 15.9 Å². The zero-order valence-corrected chi connectivity index (χ0v) is 15.3. The molecule has 0 aliphatic rings. The van der Waals surface area contributed by atoms with Crippen LogP contribution in [0, 0.1) is 0 Å². The minimum Gasteiger partial charge on any atom is -0.445 e. The van der Waals surface area contributed by atoms with Gasteiger partial charge in [-0.2, -0.15) is 0 Å². The molecule has 5 heteroatoms. The summed E-state index contributed by atoms with van der Waals surface area (Å²) < 4.78 is 6.38. The Morgan fingerprint density at radius 1 is 1.17 bits per heavy atom. The molecule has 0 radical (unpaired) electrons. The number of carbonyl (C=O) groups excluding carboxylic acids is 1. The quantitative estimate of drug-likeness (QED) is 0.762. The van der Waals surface area contributed by atoms with Crippen LogP contribution in [0.25, 0.3) is 0 Å². The molecule has 1 N–H and O–H groups in total. The Balaban J connectivity index is 2.10. The Labute approximate surface area is 151 Å². The SMILES string of the molecule is CCC(CO)N(Cc1ccccc1Br)C(=O)OCc1ccccc1. The lowest BCUT2D eigenvalue weighted by molar-refractivity contribution is 0.0594. The first-order valence-electron chi connectivity index (χ1n) is 7.97. The van der Waals surface area contributed by atoms with Gasteiger partial charge in [0.15, 0.2) is 0 Å². The van der Waals surface area contributed by atoms with Crippen LogP contribution in [0.2, 0.25) is 0 Å². The van der Waals surface area contributed by atoms with Crippen LogP contribution in [0.15, 0.2) is 59.1 Å². The van der Waals surface area contributed by atoms with Crippen LogP contribution in [0.1, 0.15) is 24.5 Å². The van der Waals surface area contributed by atoms with Crippen LogP contribution in [0.5, 0.6) is 0 Å². The number of aliphatic hydroxyl groups is 1. The minimum absolute atomic E-state index is 0.0958. The summed E-state index contributed by atoms with van der Waals surface area (Å²) in [6.07, 6.45) is 0.233. The molecular weight excluding hydrogens is 370 g/mol. The van der Waals surface area contributed by atoms with E-state index in [2.05, 4.69) is 15.9 Å². The molecule has 0 heterocycles. The third-order valence-electron chi connectivity index (χ3n) is 3.86. The zero-order chi connectivity index (χ0) is 17.4. The topological polar surface area (TPSA) is 49.8 Å². The number of benzene rings is 2. The largest absolute Gasteiger partial charge is 0.445 e. The molecule has 128 valence electrons. The van der Waals surface area contributed by atoms with Crippen molar-refractivity contribution in [3.05, 3.63) is 70.2 Å². The highest BCUT2D eigenvalue weighted by atomic mass is 79.9. The zero-order valence-electron chi connectivity index (χ0n) is 13.7. The van der Waals surface area contributed by atoms with E-state index < -0.39 is 6.09 Å². The first kappa shape index (κ1) is 18.5. The summed E-state index contributed by atoms with van der Waals surface area (Å²) in [4.78, 5) is 14.2. The summed E-state index contributed by atoms with van der Waals surface area (Å²) in [5.41, 5.74) is 1.91. The molecule has 2 aromatic carbocycles. The molecule has 0 aliphatic heterocycles. The molecule has 0 spiro atoms. The number of hydrogen-bond acceptors (Lipinski definition) is 3. The second-order valence-electron chi connectivity index (χ2n) is 5.50. The highest BCUT2D eigenvalue weighted by Crippen LogP contribution is 2.20. The summed E-state index contributed by atoms with van der Waals surface area (Å²) in [6, 6.07) is 17.0. The fourth-order valence-electron chi connectivity index (χ4n) is 2.40. The van der Waals surface area contributed by atoms with E-state index in [1.165, 1.54) is 0 Å². The Bertz CT molecular complexity index is 644. The van der Waals surface area contributed by atoms with Crippen LogP contribution in [0.4, 0.5) is 4.79 Å². The maximum Gasteiger partial charge on any atom is 0.410 e. The molecule has 1 atom stereocenters. The summed E-state index contributed by atoms with van der Waals surface area (Å²) in [7, 11) is 0. The molecular formula is C19H22BrNO3. The first-order chi connectivity index (χ1) is 11.7. The standard InChI is InChI=1S/C19H22BrNO3/c1-2-17(13-22)21(12-16-10-6-7-11-18(16)20)19(23)24-14-15-8-4-3-5-9-15/h3-11,17,22H,2,12-14H2,1H3. The van der Waals surface area contributed by atoms with Crippen molar-refractivity contribution < 1.29 is 14.6 Å². The molecule has 0 aromatic heterocycles. The molecule has 4 nitrogen and oxygen atoms in total. The monoisotopic (exact) mass is 391 g/mol. The van der Waals surface area contributed by atoms with Gasteiger partial charge in [0.25, 0.3) is 0 Å². The van der Waals surface area contributed by atoms with Crippen LogP contribution in [0.3, 0.4) is 0 Å². The lowest BCUT2D eigenvalue weighted by Crippen LogP contribution is -2.42. The fourth-order valence-corrected chi connectivity index (χ4v) is 2.81. The van der Waals surface area contributed by atoms with Gasteiger partial charge in [-0.3, -0.25) is 4.90 Å². The second kappa shape index (κ2) is 9.45. The summed E-state index contributed by atoms with van der Waals surface area (Å²) in [6.45, 7) is 2.45. The van der Waals surface area contributed by atoms with Crippen LogP contribution in [-0.4, -0.2) is 28.7 Å². The average Bonchev–Trinajstić information content (AvgIpc) is 2.62. The van der Waals surface area contributed by atoms with E-state index in [-0.39, 0.29) is 19.3 Å². The Hall–Kier alpha value is -1.85. The smallest absolute Gasteiger partial charge is 0.410 e. The third kappa shape index (κ3) is 5.08. The maximum atomic E-state index is 12.6. The molecule has 0 fully saturated rings. The Morgan fingerprint density at radius 2 is 1.83 bits per heavy atom. The number of hydrogen-bond donors (Lipinski definition) is 1. The minimum atomic E-state index is -0.421. The highest BCUT2D eigenvalue weighted by Gasteiger charge is 2.24.